The predicted octanol–water partition coefficient (Wildman–Crippen LogP) is 3.51. The number of hydrogen-bond donors (Lipinski definition) is 1. The second-order valence-corrected chi connectivity index (χ2v) is 6.54. The van der Waals surface area contributed by atoms with E-state index in [1.165, 1.54) is 0 Å². The highest BCUT2D eigenvalue weighted by Crippen LogP contribution is 2.44. The number of aliphatic carboxylic acids is 1. The van der Waals surface area contributed by atoms with Gasteiger partial charge in [0.25, 0.3) is 0 Å². The van der Waals surface area contributed by atoms with Crippen molar-refractivity contribution in [1.29, 1.82) is 0 Å². The van der Waals surface area contributed by atoms with E-state index in [1.54, 1.807) is 12.3 Å². The van der Waals surface area contributed by atoms with Gasteiger partial charge in [0.1, 0.15) is 5.69 Å². The van der Waals surface area contributed by atoms with Gasteiger partial charge in [-0.15, -0.1) is 5.10 Å². The molecule has 1 aromatic carbocycles. The maximum atomic E-state index is 15.3. The average Bonchev–Trinajstić information content (AvgIpc) is 2.61. The van der Waals surface area contributed by atoms with Gasteiger partial charge in [-0.05, 0) is 42.9 Å². The van der Waals surface area contributed by atoms with E-state index in [1.807, 2.05) is 37.3 Å². The molecule has 4 nitrogen and oxygen atoms in total. The number of hydrogen-bond acceptors (Lipinski definition) is 3. The fourth-order valence-electron chi connectivity index (χ4n) is 3.34. The van der Waals surface area contributed by atoms with Crippen molar-refractivity contribution in [2.75, 3.05) is 0 Å². The fourth-order valence-corrected chi connectivity index (χ4v) is 3.34. The van der Waals surface area contributed by atoms with Crippen LogP contribution in [0.15, 0.2) is 42.6 Å². The van der Waals surface area contributed by atoms with Crippen molar-refractivity contribution in [2.45, 2.75) is 37.8 Å². The molecule has 0 saturated heterocycles. The number of alkyl halides is 1. The molecule has 25 heavy (non-hydrogen) atoms. The highest BCUT2D eigenvalue weighted by molar-refractivity contribution is 5.71. The van der Waals surface area contributed by atoms with E-state index >= 15 is 4.39 Å². The van der Waals surface area contributed by atoms with E-state index in [2.05, 4.69) is 22.0 Å². The molecule has 0 amide bonds. The van der Waals surface area contributed by atoms with Gasteiger partial charge in [-0.2, -0.15) is 5.10 Å². The van der Waals surface area contributed by atoms with Gasteiger partial charge in [0.2, 0.25) is 0 Å². The topological polar surface area (TPSA) is 63.1 Å². The standard InChI is InChI=1S/C20H19FN2O2/c1-14-11-16(23-22-13-14)7-9-20(21)10-8-17(19(24)25)18(12-20)15-5-3-2-4-6-15/h2-6,11,13,17-18H,8,10,12H2,1H3,(H,24,25)/t17-,18+,20?/m1/s1. The third-order valence-corrected chi connectivity index (χ3v) is 4.63. The summed E-state index contributed by atoms with van der Waals surface area (Å²) >= 11 is 0. The van der Waals surface area contributed by atoms with Gasteiger partial charge in [0.15, 0.2) is 5.67 Å². The number of carboxylic acids is 1. The van der Waals surface area contributed by atoms with E-state index < -0.39 is 23.5 Å². The van der Waals surface area contributed by atoms with Gasteiger partial charge in [-0.3, -0.25) is 4.79 Å². The SMILES string of the molecule is Cc1cnnc(C#CC2(F)CC[C@@H](C(=O)O)[C@H](c3ccccc3)C2)c1. The third kappa shape index (κ3) is 4.03. The van der Waals surface area contributed by atoms with Crippen molar-refractivity contribution in [2.24, 2.45) is 5.92 Å². The summed E-state index contributed by atoms with van der Waals surface area (Å²) in [4.78, 5) is 11.6. The molecule has 128 valence electrons. The number of carbonyl (C=O) groups is 1. The Morgan fingerprint density at radius 1 is 1.36 bits per heavy atom. The summed E-state index contributed by atoms with van der Waals surface area (Å²) in [7, 11) is 0. The second-order valence-electron chi connectivity index (χ2n) is 6.54. The van der Waals surface area contributed by atoms with Gasteiger partial charge >= 0.3 is 5.97 Å². The number of halogens is 1. The molecule has 3 rings (SSSR count). The van der Waals surface area contributed by atoms with E-state index in [-0.39, 0.29) is 19.3 Å². The molecule has 0 radical (unpaired) electrons. The monoisotopic (exact) mass is 338 g/mol. The van der Waals surface area contributed by atoms with Crippen LogP contribution >= 0.6 is 0 Å². The minimum absolute atomic E-state index is 0.0697. The third-order valence-electron chi connectivity index (χ3n) is 4.63. The highest BCUT2D eigenvalue weighted by Gasteiger charge is 2.43. The minimum atomic E-state index is -1.72. The van der Waals surface area contributed by atoms with E-state index in [4.69, 9.17) is 0 Å². The molecule has 1 heterocycles. The lowest BCUT2D eigenvalue weighted by atomic mass is 9.70. The van der Waals surface area contributed by atoms with Crippen molar-refractivity contribution < 1.29 is 14.3 Å². The summed E-state index contributed by atoms with van der Waals surface area (Å²) in [6.45, 7) is 1.87. The Morgan fingerprint density at radius 3 is 2.80 bits per heavy atom. The second kappa shape index (κ2) is 7.02. The van der Waals surface area contributed by atoms with E-state index in [9.17, 15) is 9.90 Å². The molecule has 0 aliphatic heterocycles. The van der Waals surface area contributed by atoms with Crippen LogP contribution in [0.4, 0.5) is 4.39 Å². The fraction of sp³-hybridized carbons (Fsp3) is 0.350. The van der Waals surface area contributed by atoms with Gasteiger partial charge in [-0.25, -0.2) is 4.39 Å². The molecule has 1 N–H and O–H groups in total. The maximum Gasteiger partial charge on any atom is 0.307 e. The first kappa shape index (κ1) is 17.1. The largest absolute Gasteiger partial charge is 0.481 e. The molecule has 1 aliphatic carbocycles. The van der Waals surface area contributed by atoms with Crippen LogP contribution in [0.1, 0.15) is 42.0 Å². The smallest absolute Gasteiger partial charge is 0.307 e. The van der Waals surface area contributed by atoms with Gasteiger partial charge in [0.05, 0.1) is 12.1 Å². The summed E-state index contributed by atoms with van der Waals surface area (Å²) in [5.74, 6) is 3.59. The summed E-state index contributed by atoms with van der Waals surface area (Å²) < 4.78 is 15.3. The lowest BCUT2D eigenvalue weighted by Crippen LogP contribution is -2.37. The van der Waals surface area contributed by atoms with Crippen LogP contribution in [0.2, 0.25) is 0 Å². The maximum absolute atomic E-state index is 15.3. The summed E-state index contributed by atoms with van der Waals surface area (Å²) in [6.07, 6.45) is 2.05. The van der Waals surface area contributed by atoms with Crippen molar-refractivity contribution in [3.63, 3.8) is 0 Å². The molecule has 1 aliphatic rings. The Kier molecular flexibility index (Phi) is 4.80. The zero-order valence-electron chi connectivity index (χ0n) is 13.9. The summed E-state index contributed by atoms with van der Waals surface area (Å²) in [6, 6.07) is 11.0. The number of nitrogens with zero attached hydrogens (tertiary/aromatic N) is 2. The van der Waals surface area contributed by atoms with Crippen molar-refractivity contribution in [3.05, 3.63) is 59.4 Å². The normalized spacial score (nSPS) is 25.7. The van der Waals surface area contributed by atoms with Gasteiger partial charge in [-0.1, -0.05) is 36.3 Å². The molecular weight excluding hydrogens is 319 g/mol. The Hall–Kier alpha value is -2.74. The molecule has 5 heteroatoms. The van der Waals surface area contributed by atoms with Crippen molar-refractivity contribution in [1.82, 2.24) is 10.2 Å². The molecule has 3 atom stereocenters. The van der Waals surface area contributed by atoms with Crippen molar-refractivity contribution >= 4 is 5.97 Å². The predicted molar refractivity (Wildman–Crippen MR) is 91.6 cm³/mol. The Labute approximate surface area is 146 Å². The first-order valence-corrected chi connectivity index (χ1v) is 8.26. The van der Waals surface area contributed by atoms with Crippen LogP contribution < -0.4 is 0 Å². The molecule has 1 unspecified atom stereocenters. The van der Waals surface area contributed by atoms with Crippen LogP contribution in [-0.2, 0) is 4.79 Å². The number of carboxylic acid groups (broad SMARTS) is 1. The lowest BCUT2D eigenvalue weighted by molar-refractivity contribution is -0.144. The molecule has 1 saturated carbocycles. The molecule has 1 aromatic heterocycles. The van der Waals surface area contributed by atoms with Crippen molar-refractivity contribution in [3.8, 4) is 11.8 Å². The number of aryl methyl sites for hydroxylation is 1. The first-order chi connectivity index (χ1) is 12.0. The minimum Gasteiger partial charge on any atom is -0.481 e. The first-order valence-electron chi connectivity index (χ1n) is 8.26. The quantitative estimate of drug-likeness (QED) is 0.851. The molecule has 0 spiro atoms. The van der Waals surface area contributed by atoms with E-state index in [0.717, 1.165) is 11.1 Å². The summed E-state index contributed by atoms with van der Waals surface area (Å²) in [5, 5.41) is 17.2. The van der Waals surface area contributed by atoms with Gasteiger partial charge < -0.3 is 5.11 Å². The van der Waals surface area contributed by atoms with Crippen LogP contribution in [0.3, 0.4) is 0 Å². The van der Waals surface area contributed by atoms with Crippen LogP contribution in [-0.4, -0.2) is 26.9 Å². The Bertz CT molecular complexity index is 828. The van der Waals surface area contributed by atoms with Crippen LogP contribution in [0.25, 0.3) is 0 Å². The molecule has 0 bridgehead atoms. The Balaban J connectivity index is 1.88. The van der Waals surface area contributed by atoms with Crippen LogP contribution in [0.5, 0.6) is 0 Å². The lowest BCUT2D eigenvalue weighted by Gasteiger charge is -2.35. The highest BCUT2D eigenvalue weighted by atomic mass is 19.1. The zero-order valence-corrected chi connectivity index (χ0v) is 13.9. The van der Waals surface area contributed by atoms with Crippen LogP contribution in [0, 0.1) is 24.7 Å². The number of aromatic nitrogens is 2. The summed E-state index contributed by atoms with van der Waals surface area (Å²) in [5.41, 5.74) is 0.448. The molecule has 2 aromatic rings. The number of benzene rings is 1. The Morgan fingerprint density at radius 2 is 2.12 bits per heavy atom. The number of rotatable bonds is 2. The zero-order chi connectivity index (χ0) is 17.9. The van der Waals surface area contributed by atoms with E-state index in [0.29, 0.717) is 5.69 Å². The average molecular weight is 338 g/mol. The van der Waals surface area contributed by atoms with Gasteiger partial charge in [0, 0.05) is 12.3 Å². The molecule has 1 fully saturated rings. The molecular formula is C20H19FN2O2.